The number of rotatable bonds is 3. The highest BCUT2D eigenvalue weighted by Gasteiger charge is 2.36. The molecule has 0 saturated carbocycles. The average Bonchev–Trinajstić information content (AvgIpc) is 2.54. The van der Waals surface area contributed by atoms with E-state index in [1.807, 2.05) is 0 Å². The highest BCUT2D eigenvalue weighted by atomic mass is 35.5. The Bertz CT molecular complexity index is 858. The Morgan fingerprint density at radius 2 is 1.52 bits per heavy atom. The number of alkyl halides is 6. The lowest BCUT2D eigenvalue weighted by Crippen LogP contribution is -2.11. The van der Waals surface area contributed by atoms with Gasteiger partial charge in [0.05, 0.1) is 16.8 Å². The summed E-state index contributed by atoms with van der Waals surface area (Å²) in [6, 6.07) is 4.72. The first-order valence-corrected chi connectivity index (χ1v) is 7.51. The van der Waals surface area contributed by atoms with Gasteiger partial charge in [0, 0.05) is 11.1 Å². The fourth-order valence-corrected chi connectivity index (χ4v) is 2.20. The van der Waals surface area contributed by atoms with Crippen molar-refractivity contribution in [1.29, 1.82) is 0 Å². The molecule has 0 bridgehead atoms. The summed E-state index contributed by atoms with van der Waals surface area (Å²) in [6.07, 6.45) is -8.45. The minimum absolute atomic E-state index is 0.0125. The third-order valence-corrected chi connectivity index (χ3v) is 3.49. The lowest BCUT2D eigenvalue weighted by atomic mass is 10.0. The van der Waals surface area contributed by atoms with Crippen molar-refractivity contribution in [1.82, 2.24) is 0 Å². The zero-order valence-corrected chi connectivity index (χ0v) is 13.9. The number of benzene rings is 2. The molecule has 10 heteroatoms. The SMILES string of the molecule is O=C(/C=C/c1cc(C(F)(F)F)cc(C(F)(F)F)c1)Nc1cc(Cl)ccc1O. The molecule has 0 radical (unpaired) electrons. The number of phenolic OH excluding ortho intramolecular Hbond substituents is 1. The van der Waals surface area contributed by atoms with Crippen molar-refractivity contribution in [3.05, 3.63) is 64.2 Å². The van der Waals surface area contributed by atoms with Crippen LogP contribution < -0.4 is 5.32 Å². The number of amides is 1. The van der Waals surface area contributed by atoms with Crippen LogP contribution in [0.3, 0.4) is 0 Å². The van der Waals surface area contributed by atoms with Gasteiger partial charge in [-0.1, -0.05) is 11.6 Å². The number of hydrogen-bond donors (Lipinski definition) is 2. The van der Waals surface area contributed by atoms with Gasteiger partial charge in [0.2, 0.25) is 5.91 Å². The topological polar surface area (TPSA) is 49.3 Å². The highest BCUT2D eigenvalue weighted by molar-refractivity contribution is 6.31. The number of anilines is 1. The molecule has 0 aromatic heterocycles. The number of halogens is 7. The standard InChI is InChI=1S/C17H10ClF6NO2/c18-12-2-3-14(26)13(8-12)25-15(27)4-1-9-5-10(16(19,20)21)7-11(6-9)17(22,23)24/h1-8,26H,(H,25,27)/b4-1+. The molecule has 0 saturated heterocycles. The van der Waals surface area contributed by atoms with E-state index in [2.05, 4.69) is 5.32 Å². The van der Waals surface area contributed by atoms with Crippen LogP contribution in [0.2, 0.25) is 5.02 Å². The van der Waals surface area contributed by atoms with E-state index >= 15 is 0 Å². The number of carbonyl (C=O) groups excluding carboxylic acids is 1. The number of carbonyl (C=O) groups is 1. The minimum Gasteiger partial charge on any atom is -0.506 e. The Labute approximate surface area is 153 Å². The molecule has 144 valence electrons. The molecular weight excluding hydrogens is 400 g/mol. The van der Waals surface area contributed by atoms with Gasteiger partial charge in [0.15, 0.2) is 0 Å². The quantitative estimate of drug-likeness (QED) is 0.386. The van der Waals surface area contributed by atoms with Crippen LogP contribution in [0.1, 0.15) is 16.7 Å². The van der Waals surface area contributed by atoms with Crippen LogP contribution in [0.15, 0.2) is 42.5 Å². The normalized spacial score (nSPS) is 12.4. The lowest BCUT2D eigenvalue weighted by Gasteiger charge is -2.13. The number of phenols is 1. The predicted molar refractivity (Wildman–Crippen MR) is 87.2 cm³/mol. The first kappa shape index (κ1) is 20.6. The highest BCUT2D eigenvalue weighted by Crippen LogP contribution is 2.36. The maximum Gasteiger partial charge on any atom is 0.416 e. The third-order valence-electron chi connectivity index (χ3n) is 3.25. The maximum atomic E-state index is 12.8. The largest absolute Gasteiger partial charge is 0.506 e. The third kappa shape index (κ3) is 5.65. The van der Waals surface area contributed by atoms with E-state index in [1.54, 1.807) is 0 Å². The fraction of sp³-hybridized carbons (Fsp3) is 0.118. The van der Waals surface area contributed by atoms with E-state index in [-0.39, 0.29) is 22.5 Å². The second-order valence-electron chi connectivity index (χ2n) is 5.32. The molecule has 0 aliphatic carbocycles. The second kappa shape index (κ2) is 7.51. The van der Waals surface area contributed by atoms with Crippen molar-refractivity contribution in [2.75, 3.05) is 5.32 Å². The summed E-state index contributed by atoms with van der Waals surface area (Å²) >= 11 is 5.70. The van der Waals surface area contributed by atoms with Crippen LogP contribution in [0.5, 0.6) is 5.75 Å². The van der Waals surface area contributed by atoms with Gasteiger partial charge < -0.3 is 10.4 Å². The van der Waals surface area contributed by atoms with Gasteiger partial charge in [-0.15, -0.1) is 0 Å². The predicted octanol–water partition coefficient (Wildman–Crippen LogP) is 5.74. The maximum absolute atomic E-state index is 12.8. The Balaban J connectivity index is 2.29. The molecule has 0 unspecified atom stereocenters. The summed E-state index contributed by atoms with van der Waals surface area (Å²) in [4.78, 5) is 11.8. The van der Waals surface area contributed by atoms with E-state index < -0.39 is 35.0 Å². The van der Waals surface area contributed by atoms with Gasteiger partial charge in [0.1, 0.15) is 5.75 Å². The van der Waals surface area contributed by atoms with Gasteiger partial charge in [-0.05, 0) is 48.0 Å². The Kier molecular flexibility index (Phi) is 5.74. The zero-order valence-electron chi connectivity index (χ0n) is 13.1. The van der Waals surface area contributed by atoms with Gasteiger partial charge in [-0.2, -0.15) is 26.3 Å². The van der Waals surface area contributed by atoms with Crippen LogP contribution in [-0.2, 0) is 17.1 Å². The van der Waals surface area contributed by atoms with Crippen molar-refractivity contribution in [2.45, 2.75) is 12.4 Å². The first-order chi connectivity index (χ1) is 12.4. The summed E-state index contributed by atoms with van der Waals surface area (Å²) in [6.45, 7) is 0. The molecule has 0 atom stereocenters. The van der Waals surface area contributed by atoms with E-state index in [4.69, 9.17) is 11.6 Å². The summed E-state index contributed by atoms with van der Waals surface area (Å²) < 4.78 is 76.8. The molecular formula is C17H10ClF6NO2. The summed E-state index contributed by atoms with van der Waals surface area (Å²) in [5, 5.41) is 12.0. The monoisotopic (exact) mass is 409 g/mol. The molecule has 2 aromatic rings. The summed E-state index contributed by atoms with van der Waals surface area (Å²) in [5.74, 6) is -1.21. The van der Waals surface area contributed by atoms with Crippen molar-refractivity contribution < 1.29 is 36.2 Å². The van der Waals surface area contributed by atoms with Gasteiger partial charge >= 0.3 is 12.4 Å². The van der Waals surface area contributed by atoms with Crippen LogP contribution in [-0.4, -0.2) is 11.0 Å². The summed E-state index contributed by atoms with van der Waals surface area (Å²) in [7, 11) is 0. The summed E-state index contributed by atoms with van der Waals surface area (Å²) in [5.41, 5.74) is -3.53. The molecule has 0 aliphatic heterocycles. The number of nitrogens with one attached hydrogen (secondary N) is 1. The van der Waals surface area contributed by atoms with E-state index in [0.29, 0.717) is 12.1 Å². The zero-order chi connectivity index (χ0) is 20.4. The van der Waals surface area contributed by atoms with Crippen molar-refractivity contribution >= 4 is 29.3 Å². The average molecular weight is 410 g/mol. The molecule has 27 heavy (non-hydrogen) atoms. The Morgan fingerprint density at radius 1 is 0.963 bits per heavy atom. The van der Waals surface area contributed by atoms with E-state index in [0.717, 1.165) is 12.2 Å². The molecule has 0 fully saturated rings. The number of aromatic hydroxyl groups is 1. The smallest absolute Gasteiger partial charge is 0.416 e. The van der Waals surface area contributed by atoms with Crippen molar-refractivity contribution in [2.24, 2.45) is 0 Å². The van der Waals surface area contributed by atoms with Crippen molar-refractivity contribution in [3.63, 3.8) is 0 Å². The second-order valence-corrected chi connectivity index (χ2v) is 5.76. The van der Waals surface area contributed by atoms with Crippen LogP contribution in [0, 0.1) is 0 Å². The number of hydrogen-bond acceptors (Lipinski definition) is 2. The molecule has 1 amide bonds. The fourth-order valence-electron chi connectivity index (χ4n) is 2.03. The molecule has 2 aromatic carbocycles. The van der Waals surface area contributed by atoms with Crippen molar-refractivity contribution in [3.8, 4) is 5.75 Å². The minimum atomic E-state index is -4.99. The van der Waals surface area contributed by atoms with Crippen LogP contribution in [0.4, 0.5) is 32.0 Å². The Morgan fingerprint density at radius 3 is 2.04 bits per heavy atom. The molecule has 0 aliphatic rings. The first-order valence-electron chi connectivity index (χ1n) is 7.13. The van der Waals surface area contributed by atoms with Crippen LogP contribution in [0.25, 0.3) is 6.08 Å². The lowest BCUT2D eigenvalue weighted by molar-refractivity contribution is -0.143. The van der Waals surface area contributed by atoms with Gasteiger partial charge in [0.25, 0.3) is 0 Å². The molecule has 2 N–H and O–H groups in total. The van der Waals surface area contributed by atoms with Gasteiger partial charge in [-0.3, -0.25) is 4.79 Å². The Hall–Kier alpha value is -2.68. The molecule has 3 nitrogen and oxygen atoms in total. The van der Waals surface area contributed by atoms with E-state index in [9.17, 15) is 36.2 Å². The van der Waals surface area contributed by atoms with Crippen LogP contribution >= 0.6 is 11.6 Å². The van der Waals surface area contributed by atoms with E-state index in [1.165, 1.54) is 18.2 Å². The molecule has 0 spiro atoms. The van der Waals surface area contributed by atoms with Gasteiger partial charge in [-0.25, -0.2) is 0 Å². The molecule has 0 heterocycles. The molecule has 2 rings (SSSR count).